The standard InChI is InChI=1S/C22H26N2O3/c1-15(2)22(26)24-12-4-5-17-13-18(8-11-20(17)24)23-21(25)14-27-19-9-6-16(3)7-10-19/h6-11,13,15H,4-5,12,14H2,1-3H3,(H,23,25). The molecule has 5 heteroatoms. The summed E-state index contributed by atoms with van der Waals surface area (Å²) in [4.78, 5) is 26.4. The van der Waals surface area contributed by atoms with Crippen LogP contribution < -0.4 is 15.0 Å². The first-order valence-electron chi connectivity index (χ1n) is 9.37. The summed E-state index contributed by atoms with van der Waals surface area (Å²) in [5.41, 5.74) is 3.91. The highest BCUT2D eigenvalue weighted by Crippen LogP contribution is 2.30. The van der Waals surface area contributed by atoms with Gasteiger partial charge >= 0.3 is 0 Å². The molecule has 1 aliphatic heterocycles. The van der Waals surface area contributed by atoms with E-state index in [1.807, 2.05) is 68.1 Å². The molecule has 0 bridgehead atoms. The van der Waals surface area contributed by atoms with Gasteiger partial charge in [0, 0.05) is 23.8 Å². The van der Waals surface area contributed by atoms with E-state index >= 15 is 0 Å². The Kier molecular flexibility index (Phi) is 5.79. The summed E-state index contributed by atoms with van der Waals surface area (Å²) < 4.78 is 5.52. The largest absolute Gasteiger partial charge is 0.484 e. The van der Waals surface area contributed by atoms with Crippen molar-refractivity contribution < 1.29 is 14.3 Å². The lowest BCUT2D eigenvalue weighted by molar-refractivity contribution is -0.121. The molecule has 27 heavy (non-hydrogen) atoms. The van der Waals surface area contributed by atoms with Crippen molar-refractivity contribution >= 4 is 23.2 Å². The summed E-state index contributed by atoms with van der Waals surface area (Å²) in [6, 6.07) is 13.3. The summed E-state index contributed by atoms with van der Waals surface area (Å²) >= 11 is 0. The van der Waals surface area contributed by atoms with Crippen molar-refractivity contribution in [2.45, 2.75) is 33.6 Å². The molecule has 2 aromatic rings. The van der Waals surface area contributed by atoms with Gasteiger partial charge < -0.3 is 15.0 Å². The average Bonchev–Trinajstić information content (AvgIpc) is 2.66. The minimum atomic E-state index is -0.207. The van der Waals surface area contributed by atoms with Gasteiger partial charge in [0.2, 0.25) is 5.91 Å². The predicted octanol–water partition coefficient (Wildman–Crippen LogP) is 3.95. The van der Waals surface area contributed by atoms with Crippen LogP contribution in [0, 0.1) is 12.8 Å². The number of rotatable bonds is 5. The second-order valence-corrected chi connectivity index (χ2v) is 7.24. The summed E-state index contributed by atoms with van der Waals surface area (Å²) in [6.45, 7) is 6.54. The molecule has 142 valence electrons. The van der Waals surface area contributed by atoms with E-state index < -0.39 is 0 Å². The first kappa shape index (κ1) is 19.0. The fraction of sp³-hybridized carbons (Fsp3) is 0.364. The van der Waals surface area contributed by atoms with Gasteiger partial charge in [0.1, 0.15) is 5.75 Å². The maximum atomic E-state index is 12.4. The minimum Gasteiger partial charge on any atom is -0.484 e. The third-order valence-electron chi connectivity index (χ3n) is 4.63. The second-order valence-electron chi connectivity index (χ2n) is 7.24. The lowest BCUT2D eigenvalue weighted by Crippen LogP contribution is -2.38. The van der Waals surface area contributed by atoms with Crippen LogP contribution in [0.4, 0.5) is 11.4 Å². The molecule has 0 fully saturated rings. The van der Waals surface area contributed by atoms with Crippen LogP contribution in [0.2, 0.25) is 0 Å². The Hall–Kier alpha value is -2.82. The Bertz CT molecular complexity index is 828. The summed E-state index contributed by atoms with van der Waals surface area (Å²) in [7, 11) is 0. The Balaban J connectivity index is 1.63. The minimum absolute atomic E-state index is 0.0331. The number of carbonyl (C=O) groups is 2. The molecule has 1 aliphatic rings. The Labute approximate surface area is 160 Å². The molecule has 0 spiro atoms. The van der Waals surface area contributed by atoms with Gasteiger partial charge in [0.05, 0.1) is 0 Å². The number of ether oxygens (including phenoxy) is 1. The zero-order valence-corrected chi connectivity index (χ0v) is 16.1. The molecular formula is C22H26N2O3. The van der Waals surface area contributed by atoms with Crippen molar-refractivity contribution in [3.05, 3.63) is 53.6 Å². The maximum Gasteiger partial charge on any atom is 0.262 e. The summed E-state index contributed by atoms with van der Waals surface area (Å²) in [6.07, 6.45) is 1.83. The van der Waals surface area contributed by atoms with Crippen LogP contribution in [-0.2, 0) is 16.0 Å². The smallest absolute Gasteiger partial charge is 0.262 e. The molecule has 3 rings (SSSR count). The lowest BCUT2D eigenvalue weighted by Gasteiger charge is -2.31. The molecule has 0 unspecified atom stereocenters. The van der Waals surface area contributed by atoms with E-state index in [9.17, 15) is 9.59 Å². The lowest BCUT2D eigenvalue weighted by atomic mass is 9.99. The highest BCUT2D eigenvalue weighted by molar-refractivity contribution is 5.97. The van der Waals surface area contributed by atoms with Gasteiger partial charge in [-0.15, -0.1) is 0 Å². The zero-order chi connectivity index (χ0) is 19.4. The van der Waals surface area contributed by atoms with Crippen LogP contribution in [0.15, 0.2) is 42.5 Å². The van der Waals surface area contributed by atoms with Gasteiger partial charge in [0.15, 0.2) is 6.61 Å². The van der Waals surface area contributed by atoms with Gasteiger partial charge in [-0.2, -0.15) is 0 Å². The molecule has 0 aliphatic carbocycles. The molecule has 0 saturated heterocycles. The van der Waals surface area contributed by atoms with Gasteiger partial charge in [-0.05, 0) is 55.7 Å². The molecule has 0 aromatic heterocycles. The SMILES string of the molecule is Cc1ccc(OCC(=O)Nc2ccc3c(c2)CCCN3C(=O)C(C)C)cc1. The number of fused-ring (bicyclic) bond motifs is 1. The number of benzene rings is 2. The van der Waals surface area contributed by atoms with Crippen LogP contribution in [0.1, 0.15) is 31.4 Å². The molecular weight excluding hydrogens is 340 g/mol. The number of nitrogens with one attached hydrogen (secondary N) is 1. The predicted molar refractivity (Wildman–Crippen MR) is 107 cm³/mol. The number of nitrogens with zero attached hydrogens (tertiary/aromatic N) is 1. The summed E-state index contributed by atoms with van der Waals surface area (Å²) in [5, 5.41) is 2.87. The van der Waals surface area contributed by atoms with Crippen molar-refractivity contribution in [3.8, 4) is 5.75 Å². The topological polar surface area (TPSA) is 58.6 Å². The Morgan fingerprint density at radius 2 is 1.89 bits per heavy atom. The normalized spacial score (nSPS) is 13.3. The molecule has 1 N–H and O–H groups in total. The molecule has 2 amide bonds. The van der Waals surface area contributed by atoms with Crippen LogP contribution in [0.3, 0.4) is 0 Å². The maximum absolute atomic E-state index is 12.4. The van der Waals surface area contributed by atoms with E-state index in [2.05, 4.69) is 5.32 Å². The fourth-order valence-electron chi connectivity index (χ4n) is 3.20. The van der Waals surface area contributed by atoms with Crippen LogP contribution >= 0.6 is 0 Å². The van der Waals surface area contributed by atoms with Gasteiger partial charge in [-0.1, -0.05) is 31.5 Å². The molecule has 2 aromatic carbocycles. The quantitative estimate of drug-likeness (QED) is 0.872. The van der Waals surface area contributed by atoms with E-state index in [1.165, 1.54) is 0 Å². The van der Waals surface area contributed by atoms with Crippen molar-refractivity contribution in [2.75, 3.05) is 23.4 Å². The first-order chi connectivity index (χ1) is 12.9. The summed E-state index contributed by atoms with van der Waals surface area (Å²) in [5.74, 6) is 0.568. The average molecular weight is 366 g/mol. The fourth-order valence-corrected chi connectivity index (χ4v) is 3.20. The third kappa shape index (κ3) is 4.67. The molecule has 0 saturated carbocycles. The molecule has 0 atom stereocenters. The monoisotopic (exact) mass is 366 g/mol. The first-order valence-corrected chi connectivity index (χ1v) is 9.37. The van der Waals surface area contributed by atoms with E-state index in [0.717, 1.165) is 41.9 Å². The second kappa shape index (κ2) is 8.25. The number of hydrogen-bond donors (Lipinski definition) is 1. The van der Waals surface area contributed by atoms with E-state index in [-0.39, 0.29) is 24.3 Å². The zero-order valence-electron chi connectivity index (χ0n) is 16.1. The number of anilines is 2. The number of aryl methyl sites for hydroxylation is 2. The van der Waals surface area contributed by atoms with Crippen molar-refractivity contribution in [3.63, 3.8) is 0 Å². The van der Waals surface area contributed by atoms with E-state index in [0.29, 0.717) is 5.75 Å². The third-order valence-corrected chi connectivity index (χ3v) is 4.63. The van der Waals surface area contributed by atoms with Gasteiger partial charge in [-0.3, -0.25) is 9.59 Å². The van der Waals surface area contributed by atoms with Gasteiger partial charge in [-0.25, -0.2) is 0 Å². The van der Waals surface area contributed by atoms with Crippen LogP contribution in [-0.4, -0.2) is 25.0 Å². The number of carbonyl (C=O) groups excluding carboxylic acids is 2. The Morgan fingerprint density at radius 1 is 1.15 bits per heavy atom. The van der Waals surface area contributed by atoms with Crippen molar-refractivity contribution in [1.29, 1.82) is 0 Å². The van der Waals surface area contributed by atoms with Crippen molar-refractivity contribution in [1.82, 2.24) is 0 Å². The molecule has 0 radical (unpaired) electrons. The number of hydrogen-bond acceptors (Lipinski definition) is 3. The van der Waals surface area contributed by atoms with Crippen LogP contribution in [0.5, 0.6) is 5.75 Å². The van der Waals surface area contributed by atoms with Crippen LogP contribution in [0.25, 0.3) is 0 Å². The highest BCUT2D eigenvalue weighted by Gasteiger charge is 2.24. The Morgan fingerprint density at radius 3 is 2.59 bits per heavy atom. The molecule has 1 heterocycles. The van der Waals surface area contributed by atoms with Gasteiger partial charge in [0.25, 0.3) is 5.91 Å². The van der Waals surface area contributed by atoms with E-state index in [4.69, 9.17) is 4.74 Å². The van der Waals surface area contributed by atoms with Crippen molar-refractivity contribution in [2.24, 2.45) is 5.92 Å². The van der Waals surface area contributed by atoms with E-state index in [1.54, 1.807) is 0 Å². The number of amides is 2. The highest BCUT2D eigenvalue weighted by atomic mass is 16.5. The molecule has 5 nitrogen and oxygen atoms in total.